The molecule has 150 valence electrons. The van der Waals surface area contributed by atoms with E-state index in [0.29, 0.717) is 11.3 Å². The highest BCUT2D eigenvalue weighted by molar-refractivity contribution is 14.1. The summed E-state index contributed by atoms with van der Waals surface area (Å²) in [5, 5.41) is 2.89. The lowest BCUT2D eigenvalue weighted by atomic mass is 10.1. The molecule has 0 aliphatic rings. The molecule has 1 N–H and O–H groups in total. The average Bonchev–Trinajstić information content (AvgIpc) is 2.70. The minimum atomic E-state index is -3.67. The summed E-state index contributed by atoms with van der Waals surface area (Å²) in [5.41, 5.74) is 3.65. The molecule has 0 atom stereocenters. The SMILES string of the molecule is Cc1ccc(S(=O)(=O)N(C)c2ccc(C(=O)Nc3ccc(I)cc3C)cc2)cc1. The molecule has 0 aliphatic carbocycles. The molecular weight excluding hydrogens is 499 g/mol. The predicted octanol–water partition coefficient (Wildman–Crippen LogP) is 4.99. The highest BCUT2D eigenvalue weighted by atomic mass is 127. The van der Waals surface area contributed by atoms with Crippen molar-refractivity contribution in [2.75, 3.05) is 16.7 Å². The Morgan fingerprint density at radius 3 is 2.14 bits per heavy atom. The van der Waals surface area contributed by atoms with Crippen molar-refractivity contribution in [3.8, 4) is 0 Å². The normalized spacial score (nSPS) is 11.2. The first-order chi connectivity index (χ1) is 13.7. The first kappa shape index (κ1) is 21.3. The van der Waals surface area contributed by atoms with Crippen molar-refractivity contribution in [1.82, 2.24) is 0 Å². The van der Waals surface area contributed by atoms with Gasteiger partial charge in [0.1, 0.15) is 0 Å². The fraction of sp³-hybridized carbons (Fsp3) is 0.136. The molecule has 0 aromatic heterocycles. The number of nitrogens with one attached hydrogen (secondary N) is 1. The summed E-state index contributed by atoms with van der Waals surface area (Å²) in [6, 6.07) is 19.0. The number of carbonyl (C=O) groups excluding carboxylic acids is 1. The number of sulfonamides is 1. The lowest BCUT2D eigenvalue weighted by molar-refractivity contribution is 0.102. The third-order valence-corrected chi connectivity index (χ3v) is 7.08. The monoisotopic (exact) mass is 520 g/mol. The van der Waals surface area contributed by atoms with E-state index in [0.717, 1.165) is 20.4 Å². The van der Waals surface area contributed by atoms with Crippen LogP contribution in [0.2, 0.25) is 0 Å². The number of carbonyl (C=O) groups is 1. The van der Waals surface area contributed by atoms with E-state index in [9.17, 15) is 13.2 Å². The third kappa shape index (κ3) is 4.79. The Balaban J connectivity index is 1.78. The number of hydrogen-bond acceptors (Lipinski definition) is 3. The van der Waals surface area contributed by atoms with Gasteiger partial charge in [0.2, 0.25) is 0 Å². The molecule has 29 heavy (non-hydrogen) atoms. The summed E-state index contributed by atoms with van der Waals surface area (Å²) in [5.74, 6) is -0.245. The summed E-state index contributed by atoms with van der Waals surface area (Å²) in [4.78, 5) is 12.8. The molecule has 1 amide bonds. The van der Waals surface area contributed by atoms with E-state index in [1.54, 1.807) is 48.5 Å². The molecule has 0 saturated heterocycles. The molecular formula is C22H21IN2O3S. The van der Waals surface area contributed by atoms with E-state index in [4.69, 9.17) is 0 Å². The van der Waals surface area contributed by atoms with Gasteiger partial charge in [0, 0.05) is 21.9 Å². The second kappa shape index (κ2) is 8.54. The van der Waals surface area contributed by atoms with Crippen molar-refractivity contribution in [2.45, 2.75) is 18.7 Å². The van der Waals surface area contributed by atoms with Gasteiger partial charge in [0.25, 0.3) is 15.9 Å². The number of rotatable bonds is 5. The Kier molecular flexibility index (Phi) is 6.28. The van der Waals surface area contributed by atoms with Crippen molar-refractivity contribution in [3.05, 3.63) is 87.0 Å². The Hall–Kier alpha value is -2.39. The zero-order valence-corrected chi connectivity index (χ0v) is 19.3. The number of anilines is 2. The van der Waals surface area contributed by atoms with E-state index >= 15 is 0 Å². The van der Waals surface area contributed by atoms with E-state index in [1.165, 1.54) is 11.4 Å². The molecule has 0 saturated carbocycles. The highest BCUT2D eigenvalue weighted by Crippen LogP contribution is 2.23. The van der Waals surface area contributed by atoms with Gasteiger partial charge in [-0.2, -0.15) is 0 Å². The minimum absolute atomic E-state index is 0.224. The smallest absolute Gasteiger partial charge is 0.264 e. The Morgan fingerprint density at radius 2 is 1.55 bits per heavy atom. The standard InChI is InChI=1S/C22H21IN2O3S/c1-15-4-11-20(12-5-15)29(27,28)25(3)19-9-6-17(7-10-19)22(26)24-21-13-8-18(23)14-16(21)2/h4-14H,1-3H3,(H,24,26). The van der Waals surface area contributed by atoms with Crippen LogP contribution in [0.3, 0.4) is 0 Å². The van der Waals surface area contributed by atoms with Gasteiger partial charge in [0.05, 0.1) is 10.6 Å². The molecule has 0 aliphatic heterocycles. The lowest BCUT2D eigenvalue weighted by Crippen LogP contribution is -2.26. The van der Waals surface area contributed by atoms with E-state index in [2.05, 4.69) is 27.9 Å². The van der Waals surface area contributed by atoms with Crippen LogP contribution in [0.25, 0.3) is 0 Å². The molecule has 7 heteroatoms. The molecule has 0 spiro atoms. The molecule has 0 radical (unpaired) electrons. The van der Waals surface area contributed by atoms with Gasteiger partial charge in [-0.1, -0.05) is 17.7 Å². The van der Waals surface area contributed by atoms with Gasteiger partial charge in [0.15, 0.2) is 0 Å². The number of hydrogen-bond donors (Lipinski definition) is 1. The van der Waals surface area contributed by atoms with Gasteiger partial charge in [-0.3, -0.25) is 9.10 Å². The van der Waals surface area contributed by atoms with Gasteiger partial charge in [-0.15, -0.1) is 0 Å². The summed E-state index contributed by atoms with van der Waals surface area (Å²) < 4.78 is 27.9. The highest BCUT2D eigenvalue weighted by Gasteiger charge is 2.21. The maximum Gasteiger partial charge on any atom is 0.264 e. The number of amides is 1. The molecule has 5 nitrogen and oxygen atoms in total. The number of benzene rings is 3. The molecule has 0 unspecified atom stereocenters. The lowest BCUT2D eigenvalue weighted by Gasteiger charge is -2.20. The zero-order chi connectivity index (χ0) is 21.2. The van der Waals surface area contributed by atoms with Crippen LogP contribution in [-0.2, 0) is 10.0 Å². The number of nitrogens with zero attached hydrogens (tertiary/aromatic N) is 1. The van der Waals surface area contributed by atoms with Crippen molar-refractivity contribution < 1.29 is 13.2 Å². The topological polar surface area (TPSA) is 66.5 Å². The predicted molar refractivity (Wildman–Crippen MR) is 125 cm³/mol. The average molecular weight is 520 g/mol. The van der Waals surface area contributed by atoms with Crippen LogP contribution < -0.4 is 9.62 Å². The van der Waals surface area contributed by atoms with E-state index < -0.39 is 10.0 Å². The van der Waals surface area contributed by atoms with Crippen LogP contribution in [0.1, 0.15) is 21.5 Å². The summed E-state index contributed by atoms with van der Waals surface area (Å²) >= 11 is 2.22. The molecule has 0 fully saturated rings. The van der Waals surface area contributed by atoms with Crippen LogP contribution in [0.4, 0.5) is 11.4 Å². The van der Waals surface area contributed by atoms with Crippen molar-refractivity contribution >= 4 is 49.9 Å². The molecule has 0 heterocycles. The van der Waals surface area contributed by atoms with Gasteiger partial charge < -0.3 is 5.32 Å². The van der Waals surface area contributed by atoms with Crippen LogP contribution >= 0.6 is 22.6 Å². The minimum Gasteiger partial charge on any atom is -0.322 e. The first-order valence-corrected chi connectivity index (χ1v) is 11.4. The maximum atomic E-state index is 12.8. The third-order valence-electron chi connectivity index (χ3n) is 4.61. The molecule has 3 aromatic carbocycles. The molecule has 3 aromatic rings. The largest absolute Gasteiger partial charge is 0.322 e. The van der Waals surface area contributed by atoms with Crippen LogP contribution in [-0.4, -0.2) is 21.4 Å². The number of aryl methyl sites for hydroxylation is 2. The zero-order valence-electron chi connectivity index (χ0n) is 16.3. The van der Waals surface area contributed by atoms with Gasteiger partial charge >= 0.3 is 0 Å². The quantitative estimate of drug-likeness (QED) is 0.483. The number of halogens is 1. The maximum absolute atomic E-state index is 12.8. The second-order valence-corrected chi connectivity index (χ2v) is 9.96. The summed E-state index contributed by atoms with van der Waals surface area (Å²) in [6.07, 6.45) is 0. The Morgan fingerprint density at radius 1 is 0.931 bits per heavy atom. The fourth-order valence-electron chi connectivity index (χ4n) is 2.79. The fourth-order valence-corrected chi connectivity index (χ4v) is 4.63. The van der Waals surface area contributed by atoms with Gasteiger partial charge in [-0.05, 0) is 96.6 Å². The van der Waals surface area contributed by atoms with Crippen LogP contribution in [0.5, 0.6) is 0 Å². The second-order valence-electron chi connectivity index (χ2n) is 6.75. The van der Waals surface area contributed by atoms with E-state index in [-0.39, 0.29) is 10.8 Å². The Bertz CT molecular complexity index is 1140. The van der Waals surface area contributed by atoms with Crippen molar-refractivity contribution in [3.63, 3.8) is 0 Å². The summed E-state index contributed by atoms with van der Waals surface area (Å²) in [6.45, 7) is 3.84. The van der Waals surface area contributed by atoms with Crippen molar-refractivity contribution in [1.29, 1.82) is 0 Å². The van der Waals surface area contributed by atoms with Gasteiger partial charge in [-0.25, -0.2) is 8.42 Å². The summed E-state index contributed by atoms with van der Waals surface area (Å²) in [7, 11) is -2.17. The van der Waals surface area contributed by atoms with E-state index in [1.807, 2.05) is 32.0 Å². The Labute approximate surface area is 184 Å². The first-order valence-electron chi connectivity index (χ1n) is 8.91. The molecule has 3 rings (SSSR count). The van der Waals surface area contributed by atoms with Crippen LogP contribution in [0.15, 0.2) is 71.6 Å². The molecule has 0 bridgehead atoms. The van der Waals surface area contributed by atoms with Crippen LogP contribution in [0, 0.1) is 17.4 Å². The van der Waals surface area contributed by atoms with Crippen molar-refractivity contribution in [2.24, 2.45) is 0 Å².